The van der Waals surface area contributed by atoms with E-state index in [9.17, 15) is 21.0 Å². The number of nitriles is 4. The molecule has 0 aromatic heterocycles. The zero-order chi connectivity index (χ0) is 27.1. The third-order valence-corrected chi connectivity index (χ3v) is 6.44. The molecule has 38 heavy (non-hydrogen) atoms. The van der Waals surface area contributed by atoms with E-state index >= 15 is 0 Å². The van der Waals surface area contributed by atoms with Gasteiger partial charge in [-0.3, -0.25) is 0 Å². The number of rotatable bonds is 9. The maximum Gasteiger partial charge on any atom is 0.137 e. The van der Waals surface area contributed by atoms with Crippen molar-refractivity contribution in [1.82, 2.24) is 0 Å². The lowest BCUT2D eigenvalue weighted by atomic mass is 9.89. The molecule has 0 bridgehead atoms. The van der Waals surface area contributed by atoms with Crippen molar-refractivity contribution in [2.24, 2.45) is 11.8 Å². The molecule has 0 saturated carbocycles. The third-order valence-electron chi connectivity index (χ3n) is 6.44. The summed E-state index contributed by atoms with van der Waals surface area (Å²) in [4.78, 5) is 0. The Morgan fingerprint density at radius 1 is 0.579 bits per heavy atom. The van der Waals surface area contributed by atoms with Gasteiger partial charge in [-0.05, 0) is 58.7 Å². The van der Waals surface area contributed by atoms with E-state index in [2.05, 4.69) is 0 Å². The number of nitrogens with zero attached hydrogens (tertiary/aromatic N) is 4. The smallest absolute Gasteiger partial charge is 0.137 e. The number of ether oxygens (including phenoxy) is 2. The van der Waals surface area contributed by atoms with E-state index in [0.29, 0.717) is 26.1 Å². The molecule has 0 aliphatic rings. The summed E-state index contributed by atoms with van der Waals surface area (Å²) in [5.41, 5.74) is 3.64. The second-order valence-electron chi connectivity index (χ2n) is 8.88. The molecule has 0 aliphatic heterocycles. The Hall–Kier alpha value is -5.04. The van der Waals surface area contributed by atoms with Crippen LogP contribution in [0.1, 0.15) is 25.0 Å². The first-order valence-corrected chi connectivity index (χ1v) is 12.5. The Balaban J connectivity index is 1.97. The first kappa shape index (κ1) is 26.0. The zero-order valence-electron chi connectivity index (χ0n) is 21.4. The molecular formula is C32H26N4O2. The van der Waals surface area contributed by atoms with Gasteiger partial charge in [-0.2, -0.15) is 21.0 Å². The monoisotopic (exact) mass is 498 g/mol. The molecule has 0 spiro atoms. The van der Waals surface area contributed by atoms with Crippen LogP contribution in [0.3, 0.4) is 0 Å². The minimum atomic E-state index is -0.701. The van der Waals surface area contributed by atoms with Gasteiger partial charge in [0.1, 0.15) is 23.3 Å². The normalized spacial score (nSPS) is 10.6. The molecule has 0 fully saturated rings. The van der Waals surface area contributed by atoms with E-state index < -0.39 is 11.8 Å². The van der Waals surface area contributed by atoms with Crippen LogP contribution in [0.15, 0.2) is 60.7 Å². The molecule has 0 heterocycles. The van der Waals surface area contributed by atoms with Crippen molar-refractivity contribution in [1.29, 1.82) is 21.0 Å². The molecule has 0 aliphatic carbocycles. The van der Waals surface area contributed by atoms with Crippen LogP contribution in [0.25, 0.3) is 32.7 Å². The minimum absolute atomic E-state index is 0.360. The zero-order valence-corrected chi connectivity index (χ0v) is 21.4. The fraction of sp³-hybridized carbons (Fsp3) is 0.250. The Morgan fingerprint density at radius 3 is 1.32 bits per heavy atom. The number of benzene rings is 4. The number of hydrogen-bond donors (Lipinski definition) is 0. The first-order chi connectivity index (χ1) is 18.6. The van der Waals surface area contributed by atoms with Gasteiger partial charge in [0.2, 0.25) is 0 Å². The Kier molecular flexibility index (Phi) is 8.08. The van der Waals surface area contributed by atoms with Crippen LogP contribution >= 0.6 is 0 Å². The predicted octanol–water partition coefficient (Wildman–Crippen LogP) is 6.87. The quantitative estimate of drug-likeness (QED) is 0.249. The van der Waals surface area contributed by atoms with E-state index in [0.717, 1.165) is 55.3 Å². The van der Waals surface area contributed by atoms with Gasteiger partial charge in [0, 0.05) is 24.0 Å². The molecule has 0 atom stereocenters. The molecule has 6 nitrogen and oxygen atoms in total. The van der Waals surface area contributed by atoms with Crippen LogP contribution in [-0.2, 0) is 12.8 Å². The van der Waals surface area contributed by atoms with Gasteiger partial charge in [-0.25, -0.2) is 0 Å². The number of hydrogen-bond acceptors (Lipinski definition) is 6. The highest BCUT2D eigenvalue weighted by Gasteiger charge is 2.20. The van der Waals surface area contributed by atoms with Crippen LogP contribution < -0.4 is 9.47 Å². The van der Waals surface area contributed by atoms with Crippen molar-refractivity contribution in [2.75, 3.05) is 13.2 Å². The SMILES string of the molecule is CCOc1ccc2cc(CC(C#N)C#N)ccc2c1-c1c(OCC)ccc2cc(CC(C#N)C#N)ccc12. The summed E-state index contributed by atoms with van der Waals surface area (Å²) in [7, 11) is 0. The molecule has 4 aromatic rings. The standard InChI is InChI=1S/C32H26N4O2/c1-3-37-29-11-7-25-15-21(13-23(17-33)18-34)5-9-27(25)31(29)32-28-10-6-22(14-24(19-35)20-36)16-26(28)8-12-30(32)38-4-2/h5-12,15-16,23-24H,3-4,13-14H2,1-2H3. The average Bonchev–Trinajstić information content (AvgIpc) is 2.95. The molecule has 0 amide bonds. The van der Waals surface area contributed by atoms with Crippen LogP contribution in [-0.4, -0.2) is 13.2 Å². The van der Waals surface area contributed by atoms with Crippen molar-refractivity contribution in [3.05, 3.63) is 71.8 Å². The maximum atomic E-state index is 9.23. The van der Waals surface area contributed by atoms with E-state index in [1.807, 2.05) is 98.8 Å². The molecule has 0 saturated heterocycles. The van der Waals surface area contributed by atoms with Crippen LogP contribution in [0.2, 0.25) is 0 Å². The highest BCUT2D eigenvalue weighted by Crippen LogP contribution is 2.46. The molecule has 4 aromatic carbocycles. The van der Waals surface area contributed by atoms with E-state index in [4.69, 9.17) is 9.47 Å². The van der Waals surface area contributed by atoms with Crippen molar-refractivity contribution in [2.45, 2.75) is 26.7 Å². The second-order valence-corrected chi connectivity index (χ2v) is 8.88. The van der Waals surface area contributed by atoms with Gasteiger partial charge >= 0.3 is 0 Å². The molecule has 186 valence electrons. The summed E-state index contributed by atoms with van der Waals surface area (Å²) in [6, 6.07) is 28.0. The van der Waals surface area contributed by atoms with Gasteiger partial charge in [-0.15, -0.1) is 0 Å². The maximum absolute atomic E-state index is 9.23. The summed E-state index contributed by atoms with van der Waals surface area (Å²) >= 11 is 0. The van der Waals surface area contributed by atoms with Crippen molar-refractivity contribution in [3.63, 3.8) is 0 Å². The van der Waals surface area contributed by atoms with E-state index in [-0.39, 0.29) is 0 Å². The van der Waals surface area contributed by atoms with Gasteiger partial charge in [0.25, 0.3) is 0 Å². The number of fused-ring (bicyclic) bond motifs is 2. The van der Waals surface area contributed by atoms with Gasteiger partial charge < -0.3 is 9.47 Å². The van der Waals surface area contributed by atoms with Gasteiger partial charge in [-0.1, -0.05) is 48.5 Å². The second kappa shape index (κ2) is 11.8. The fourth-order valence-corrected chi connectivity index (χ4v) is 4.75. The lowest BCUT2D eigenvalue weighted by Crippen LogP contribution is -2.01. The summed E-state index contributed by atoms with van der Waals surface area (Å²) in [6.45, 7) is 4.87. The molecule has 0 radical (unpaired) electrons. The summed E-state index contributed by atoms with van der Waals surface area (Å²) in [6.07, 6.45) is 0.720. The molecule has 0 N–H and O–H groups in total. The highest BCUT2D eigenvalue weighted by molar-refractivity contribution is 6.10. The summed E-state index contributed by atoms with van der Waals surface area (Å²) in [5.74, 6) is 0.0543. The predicted molar refractivity (Wildman–Crippen MR) is 146 cm³/mol. The molecule has 4 rings (SSSR count). The van der Waals surface area contributed by atoms with Gasteiger partial charge in [0.15, 0.2) is 0 Å². The van der Waals surface area contributed by atoms with Gasteiger partial charge in [0.05, 0.1) is 37.5 Å². The highest BCUT2D eigenvalue weighted by atomic mass is 16.5. The van der Waals surface area contributed by atoms with Crippen molar-refractivity contribution < 1.29 is 9.47 Å². The molecule has 0 unspecified atom stereocenters. The van der Waals surface area contributed by atoms with Crippen LogP contribution in [0.4, 0.5) is 0 Å². The van der Waals surface area contributed by atoms with E-state index in [1.54, 1.807) is 0 Å². The van der Waals surface area contributed by atoms with Crippen molar-refractivity contribution in [3.8, 4) is 46.9 Å². The first-order valence-electron chi connectivity index (χ1n) is 12.5. The Labute approximate surface area is 222 Å². The van der Waals surface area contributed by atoms with Crippen LogP contribution in [0, 0.1) is 57.2 Å². The Morgan fingerprint density at radius 2 is 0.974 bits per heavy atom. The lowest BCUT2D eigenvalue weighted by molar-refractivity contribution is 0.337. The molecular weight excluding hydrogens is 472 g/mol. The lowest BCUT2D eigenvalue weighted by Gasteiger charge is -2.20. The van der Waals surface area contributed by atoms with E-state index in [1.165, 1.54) is 0 Å². The average molecular weight is 499 g/mol. The fourth-order valence-electron chi connectivity index (χ4n) is 4.75. The summed E-state index contributed by atoms with van der Waals surface area (Å²) in [5, 5.41) is 40.8. The summed E-state index contributed by atoms with van der Waals surface area (Å²) < 4.78 is 12.2. The molecule has 6 heteroatoms. The Bertz CT molecular complexity index is 1510. The van der Waals surface area contributed by atoms with Crippen molar-refractivity contribution >= 4 is 21.5 Å². The topological polar surface area (TPSA) is 114 Å². The minimum Gasteiger partial charge on any atom is -0.493 e. The van der Waals surface area contributed by atoms with Crippen LogP contribution in [0.5, 0.6) is 11.5 Å². The largest absolute Gasteiger partial charge is 0.493 e. The third kappa shape index (κ3) is 5.22.